The molecule has 5 rings (SSSR count). The molecule has 3 heteroatoms. The summed E-state index contributed by atoms with van der Waals surface area (Å²) in [6.45, 7) is 0.474. The summed E-state index contributed by atoms with van der Waals surface area (Å²) in [6.07, 6.45) is 9.27. The Bertz CT molecular complexity index is 545. The first-order valence-corrected chi connectivity index (χ1v) is 8.55. The van der Waals surface area contributed by atoms with Crippen LogP contribution in [0.15, 0.2) is 24.3 Å². The number of ether oxygens (including phenoxy) is 1. The normalized spacial score (nSPS) is 35.6. The highest BCUT2D eigenvalue weighted by Crippen LogP contribution is 2.61. The van der Waals surface area contributed by atoms with E-state index in [0.717, 1.165) is 24.2 Å². The van der Waals surface area contributed by atoms with Crippen molar-refractivity contribution < 1.29 is 13.9 Å². The summed E-state index contributed by atoms with van der Waals surface area (Å²) in [5.74, 6) is 1.97. The Kier molecular flexibility index (Phi) is 3.47. The third-order valence-corrected chi connectivity index (χ3v) is 6.09. The van der Waals surface area contributed by atoms with Gasteiger partial charge in [-0.05, 0) is 86.3 Å². The summed E-state index contributed by atoms with van der Waals surface area (Å²) in [4.78, 5) is 12.0. The fourth-order valence-corrected chi connectivity index (χ4v) is 5.66. The molecule has 0 amide bonds. The van der Waals surface area contributed by atoms with Gasteiger partial charge in [0.1, 0.15) is 5.82 Å². The first-order valence-electron chi connectivity index (χ1n) is 8.55. The number of benzene rings is 1. The summed E-state index contributed by atoms with van der Waals surface area (Å²) in [6, 6.07) is 5.74. The molecule has 0 N–H and O–H groups in total. The predicted octanol–water partition coefficient (Wildman–Crippen LogP) is 4.59. The molecule has 1 aromatic rings. The number of hydrogen-bond acceptors (Lipinski definition) is 2. The van der Waals surface area contributed by atoms with Crippen LogP contribution < -0.4 is 0 Å². The van der Waals surface area contributed by atoms with Crippen molar-refractivity contribution in [2.24, 2.45) is 23.2 Å². The molecule has 0 atom stereocenters. The van der Waals surface area contributed by atoms with E-state index >= 15 is 0 Å². The van der Waals surface area contributed by atoms with Crippen LogP contribution in [0, 0.1) is 29.0 Å². The SMILES string of the molecule is O=C(OCCC12CC3CC(CC(C3)C1)C2)c1cccc(F)c1. The van der Waals surface area contributed by atoms with Crippen LogP contribution in [-0.4, -0.2) is 12.6 Å². The van der Waals surface area contributed by atoms with E-state index < -0.39 is 11.8 Å². The van der Waals surface area contributed by atoms with E-state index in [-0.39, 0.29) is 0 Å². The van der Waals surface area contributed by atoms with E-state index in [1.807, 2.05) is 0 Å². The third kappa shape index (κ3) is 2.66. The lowest BCUT2D eigenvalue weighted by Gasteiger charge is -2.57. The maximum Gasteiger partial charge on any atom is 0.338 e. The smallest absolute Gasteiger partial charge is 0.338 e. The Morgan fingerprint density at radius 3 is 2.36 bits per heavy atom. The zero-order chi connectivity index (χ0) is 15.2. The number of esters is 1. The highest BCUT2D eigenvalue weighted by atomic mass is 19.1. The molecule has 0 radical (unpaired) electrons. The van der Waals surface area contributed by atoms with Crippen LogP contribution >= 0.6 is 0 Å². The van der Waals surface area contributed by atoms with E-state index in [1.165, 1.54) is 50.7 Å². The van der Waals surface area contributed by atoms with Crippen molar-refractivity contribution in [1.82, 2.24) is 0 Å². The molecule has 4 saturated carbocycles. The van der Waals surface area contributed by atoms with E-state index in [9.17, 15) is 9.18 Å². The maximum absolute atomic E-state index is 13.1. The van der Waals surface area contributed by atoms with Crippen LogP contribution in [0.1, 0.15) is 55.3 Å². The van der Waals surface area contributed by atoms with Crippen molar-refractivity contribution >= 4 is 5.97 Å². The Hall–Kier alpha value is -1.38. The molecule has 0 unspecified atom stereocenters. The Morgan fingerprint density at radius 2 is 1.77 bits per heavy atom. The third-order valence-electron chi connectivity index (χ3n) is 6.09. The van der Waals surface area contributed by atoms with Gasteiger partial charge in [0.2, 0.25) is 0 Å². The summed E-state index contributed by atoms with van der Waals surface area (Å²) >= 11 is 0. The summed E-state index contributed by atoms with van der Waals surface area (Å²) in [7, 11) is 0. The molecule has 0 aromatic heterocycles. The average molecular weight is 302 g/mol. The predicted molar refractivity (Wildman–Crippen MR) is 81.9 cm³/mol. The van der Waals surface area contributed by atoms with Gasteiger partial charge in [-0.1, -0.05) is 6.07 Å². The molecule has 4 aliphatic rings. The second kappa shape index (κ2) is 5.36. The molecule has 0 saturated heterocycles. The summed E-state index contributed by atoms with van der Waals surface area (Å²) in [5.41, 5.74) is 0.738. The zero-order valence-electron chi connectivity index (χ0n) is 12.9. The van der Waals surface area contributed by atoms with Gasteiger partial charge in [-0.15, -0.1) is 0 Å². The number of halogens is 1. The highest BCUT2D eigenvalue weighted by molar-refractivity contribution is 5.89. The van der Waals surface area contributed by atoms with E-state index in [2.05, 4.69) is 0 Å². The van der Waals surface area contributed by atoms with Gasteiger partial charge in [0.25, 0.3) is 0 Å². The van der Waals surface area contributed by atoms with Crippen molar-refractivity contribution in [1.29, 1.82) is 0 Å². The lowest BCUT2D eigenvalue weighted by atomic mass is 9.49. The Labute approximate surface area is 131 Å². The van der Waals surface area contributed by atoms with Crippen molar-refractivity contribution in [2.45, 2.75) is 44.9 Å². The standard InChI is InChI=1S/C19H23FO2/c20-17-3-1-2-16(9-17)18(21)22-5-4-19-10-13-6-14(11-19)8-15(7-13)12-19/h1-3,9,13-15H,4-8,10-12H2. The molecule has 4 bridgehead atoms. The fourth-order valence-electron chi connectivity index (χ4n) is 5.66. The molecule has 118 valence electrons. The number of hydrogen-bond donors (Lipinski definition) is 0. The quantitative estimate of drug-likeness (QED) is 0.760. The van der Waals surface area contributed by atoms with Crippen molar-refractivity contribution in [3.63, 3.8) is 0 Å². The average Bonchev–Trinajstić information content (AvgIpc) is 2.45. The van der Waals surface area contributed by atoms with Crippen LogP contribution in [0.4, 0.5) is 4.39 Å². The van der Waals surface area contributed by atoms with Gasteiger partial charge in [0.05, 0.1) is 12.2 Å². The Balaban J connectivity index is 1.34. The molecular formula is C19H23FO2. The molecule has 0 spiro atoms. The van der Waals surface area contributed by atoms with Gasteiger partial charge >= 0.3 is 5.97 Å². The lowest BCUT2D eigenvalue weighted by Crippen LogP contribution is -2.46. The monoisotopic (exact) mass is 302 g/mol. The van der Waals surface area contributed by atoms with Crippen LogP contribution in [0.3, 0.4) is 0 Å². The maximum atomic E-state index is 13.1. The molecule has 2 nitrogen and oxygen atoms in total. The molecule has 0 heterocycles. The van der Waals surface area contributed by atoms with Crippen molar-refractivity contribution in [3.8, 4) is 0 Å². The molecule has 0 aliphatic heterocycles. The van der Waals surface area contributed by atoms with Crippen molar-refractivity contribution in [2.75, 3.05) is 6.61 Å². The molecule has 22 heavy (non-hydrogen) atoms. The number of rotatable bonds is 4. The second-order valence-corrected chi connectivity index (χ2v) is 7.81. The van der Waals surface area contributed by atoms with Crippen LogP contribution in [0.5, 0.6) is 0 Å². The van der Waals surface area contributed by atoms with Gasteiger partial charge in [0.15, 0.2) is 0 Å². The van der Waals surface area contributed by atoms with E-state index in [4.69, 9.17) is 4.74 Å². The zero-order valence-corrected chi connectivity index (χ0v) is 12.9. The van der Waals surface area contributed by atoms with Gasteiger partial charge in [-0.3, -0.25) is 0 Å². The summed E-state index contributed by atoms with van der Waals surface area (Å²) in [5, 5.41) is 0. The molecule has 4 aliphatic carbocycles. The fraction of sp³-hybridized carbons (Fsp3) is 0.632. The molecule has 1 aromatic carbocycles. The first kappa shape index (κ1) is 14.2. The summed E-state index contributed by atoms with van der Waals surface area (Å²) < 4.78 is 18.6. The minimum absolute atomic E-state index is 0.311. The van der Waals surface area contributed by atoms with Gasteiger partial charge in [0, 0.05) is 0 Å². The van der Waals surface area contributed by atoms with Gasteiger partial charge in [-0.2, -0.15) is 0 Å². The van der Waals surface area contributed by atoms with Crippen LogP contribution in [0.25, 0.3) is 0 Å². The largest absolute Gasteiger partial charge is 0.462 e. The topological polar surface area (TPSA) is 26.3 Å². The second-order valence-electron chi connectivity index (χ2n) is 7.81. The minimum atomic E-state index is -0.399. The molecule has 4 fully saturated rings. The van der Waals surface area contributed by atoms with E-state index in [0.29, 0.717) is 17.6 Å². The minimum Gasteiger partial charge on any atom is -0.462 e. The number of carbonyl (C=O) groups is 1. The van der Waals surface area contributed by atoms with Crippen LogP contribution in [0.2, 0.25) is 0 Å². The van der Waals surface area contributed by atoms with Gasteiger partial charge in [-0.25, -0.2) is 9.18 Å². The lowest BCUT2D eigenvalue weighted by molar-refractivity contribution is -0.0653. The van der Waals surface area contributed by atoms with E-state index in [1.54, 1.807) is 12.1 Å². The highest BCUT2D eigenvalue weighted by Gasteiger charge is 2.50. The number of carbonyl (C=O) groups excluding carboxylic acids is 1. The first-order chi connectivity index (χ1) is 10.6. The van der Waals surface area contributed by atoms with Crippen LogP contribution in [-0.2, 0) is 4.74 Å². The Morgan fingerprint density at radius 1 is 1.14 bits per heavy atom. The molecular weight excluding hydrogens is 279 g/mol. The van der Waals surface area contributed by atoms with Gasteiger partial charge < -0.3 is 4.74 Å². The van der Waals surface area contributed by atoms with Crippen molar-refractivity contribution in [3.05, 3.63) is 35.6 Å².